The second-order valence-electron chi connectivity index (χ2n) is 6.81. The van der Waals surface area contributed by atoms with Crippen LogP contribution in [0.15, 0.2) is 36.5 Å². The SMILES string of the molecule is Cc1cc(OCC(O)CN2CCN(c3ccccn3)CC2)cc(C)c1Cl.[Cl-]. The van der Waals surface area contributed by atoms with Gasteiger partial charge in [0.1, 0.15) is 24.3 Å². The molecule has 0 aliphatic carbocycles. The molecule has 0 bridgehead atoms. The summed E-state index contributed by atoms with van der Waals surface area (Å²) < 4.78 is 5.76. The van der Waals surface area contributed by atoms with E-state index < -0.39 is 6.10 Å². The molecular weight excluding hydrogens is 385 g/mol. The molecule has 0 radical (unpaired) electrons. The number of hydrogen-bond donors (Lipinski definition) is 1. The quantitative estimate of drug-likeness (QED) is 0.721. The highest BCUT2D eigenvalue weighted by Gasteiger charge is 2.20. The molecule has 7 heteroatoms. The van der Waals surface area contributed by atoms with Gasteiger partial charge in [-0.3, -0.25) is 4.90 Å². The molecule has 1 aliphatic heterocycles. The zero-order valence-electron chi connectivity index (χ0n) is 15.7. The van der Waals surface area contributed by atoms with Crippen LogP contribution in [0.25, 0.3) is 0 Å². The molecular formula is C20H26Cl2N3O2-. The van der Waals surface area contributed by atoms with Gasteiger partial charge >= 0.3 is 0 Å². The van der Waals surface area contributed by atoms with Crippen molar-refractivity contribution in [1.29, 1.82) is 0 Å². The minimum absolute atomic E-state index is 0. The van der Waals surface area contributed by atoms with E-state index in [0.29, 0.717) is 6.54 Å². The Labute approximate surface area is 172 Å². The molecule has 1 aromatic carbocycles. The highest BCUT2D eigenvalue weighted by atomic mass is 35.5. The van der Waals surface area contributed by atoms with Crippen LogP contribution in [0, 0.1) is 13.8 Å². The number of aromatic nitrogens is 1. The number of pyridine rings is 1. The number of ether oxygens (including phenoxy) is 1. The van der Waals surface area contributed by atoms with E-state index in [1.165, 1.54) is 0 Å². The molecule has 1 saturated heterocycles. The second kappa shape index (κ2) is 10.1. The number of rotatable bonds is 6. The van der Waals surface area contributed by atoms with E-state index in [4.69, 9.17) is 16.3 Å². The first-order valence-electron chi connectivity index (χ1n) is 8.99. The fraction of sp³-hybridized carbons (Fsp3) is 0.450. The fourth-order valence-electron chi connectivity index (χ4n) is 3.23. The molecule has 3 rings (SSSR count). The lowest BCUT2D eigenvalue weighted by atomic mass is 10.1. The van der Waals surface area contributed by atoms with Crippen LogP contribution in [0.4, 0.5) is 5.82 Å². The van der Waals surface area contributed by atoms with Gasteiger partial charge < -0.3 is 27.2 Å². The third-order valence-electron chi connectivity index (χ3n) is 4.67. The Bertz CT molecular complexity index is 699. The van der Waals surface area contributed by atoms with Crippen molar-refractivity contribution in [3.8, 4) is 5.75 Å². The van der Waals surface area contributed by atoms with E-state index in [0.717, 1.165) is 53.9 Å². The van der Waals surface area contributed by atoms with Gasteiger partial charge in [-0.1, -0.05) is 17.7 Å². The smallest absolute Gasteiger partial charge is 0.128 e. The lowest BCUT2D eigenvalue weighted by Crippen LogP contribution is -3.00. The van der Waals surface area contributed by atoms with Crippen LogP contribution in [0.3, 0.4) is 0 Å². The molecule has 1 unspecified atom stereocenters. The van der Waals surface area contributed by atoms with Crippen molar-refractivity contribution in [2.45, 2.75) is 20.0 Å². The van der Waals surface area contributed by atoms with E-state index in [2.05, 4.69) is 14.8 Å². The van der Waals surface area contributed by atoms with Gasteiger partial charge in [0.25, 0.3) is 0 Å². The summed E-state index contributed by atoms with van der Waals surface area (Å²) in [5.41, 5.74) is 1.98. The molecule has 0 amide bonds. The predicted octanol–water partition coefficient (Wildman–Crippen LogP) is -0.0823. The van der Waals surface area contributed by atoms with Gasteiger partial charge in [-0.2, -0.15) is 0 Å². The van der Waals surface area contributed by atoms with Crippen molar-refractivity contribution < 1.29 is 22.3 Å². The maximum Gasteiger partial charge on any atom is 0.128 e. The fourth-order valence-corrected chi connectivity index (χ4v) is 3.34. The van der Waals surface area contributed by atoms with Crippen LogP contribution in [0.1, 0.15) is 11.1 Å². The monoisotopic (exact) mass is 410 g/mol. The highest BCUT2D eigenvalue weighted by molar-refractivity contribution is 6.32. The Balaban J connectivity index is 0.00000261. The van der Waals surface area contributed by atoms with Crippen LogP contribution >= 0.6 is 11.6 Å². The summed E-state index contributed by atoms with van der Waals surface area (Å²) in [6.45, 7) is 8.46. The summed E-state index contributed by atoms with van der Waals surface area (Å²) in [5.74, 6) is 1.77. The Kier molecular flexibility index (Phi) is 8.17. The number of aliphatic hydroxyl groups is 1. The summed E-state index contributed by atoms with van der Waals surface area (Å²) in [6.07, 6.45) is 1.30. The number of β-amino-alcohol motifs (C(OH)–C–C–N with tert-alkyl or cyclic N) is 1. The first kappa shape index (κ1) is 21.8. The summed E-state index contributed by atoms with van der Waals surface area (Å²) in [4.78, 5) is 8.95. The lowest BCUT2D eigenvalue weighted by Gasteiger charge is -2.36. The van der Waals surface area contributed by atoms with Gasteiger partial charge in [0.2, 0.25) is 0 Å². The van der Waals surface area contributed by atoms with Crippen LogP contribution in [-0.4, -0.2) is 60.4 Å². The maximum absolute atomic E-state index is 10.3. The molecule has 1 fully saturated rings. The third kappa shape index (κ3) is 5.98. The molecule has 1 atom stereocenters. The molecule has 5 nitrogen and oxygen atoms in total. The molecule has 2 heterocycles. The largest absolute Gasteiger partial charge is 1.00 e. The van der Waals surface area contributed by atoms with Gasteiger partial charge in [0.15, 0.2) is 0 Å². The number of halogens is 2. The van der Waals surface area contributed by atoms with Gasteiger partial charge in [-0.05, 0) is 49.2 Å². The number of aliphatic hydroxyl groups excluding tert-OH is 1. The van der Waals surface area contributed by atoms with E-state index in [9.17, 15) is 5.11 Å². The zero-order valence-corrected chi connectivity index (χ0v) is 17.2. The maximum atomic E-state index is 10.3. The molecule has 1 aliphatic rings. The van der Waals surface area contributed by atoms with E-state index in [-0.39, 0.29) is 19.0 Å². The zero-order chi connectivity index (χ0) is 18.5. The Morgan fingerprint density at radius 2 is 1.81 bits per heavy atom. The number of anilines is 1. The summed E-state index contributed by atoms with van der Waals surface area (Å²) in [5, 5.41) is 11.1. The van der Waals surface area contributed by atoms with Gasteiger partial charge in [0, 0.05) is 43.9 Å². The molecule has 2 aromatic rings. The molecule has 0 saturated carbocycles. The average Bonchev–Trinajstić information content (AvgIpc) is 2.65. The average molecular weight is 411 g/mol. The lowest BCUT2D eigenvalue weighted by molar-refractivity contribution is -0.00000767. The van der Waals surface area contributed by atoms with E-state index >= 15 is 0 Å². The van der Waals surface area contributed by atoms with E-state index in [1.54, 1.807) is 0 Å². The van der Waals surface area contributed by atoms with Crippen LogP contribution in [-0.2, 0) is 0 Å². The summed E-state index contributed by atoms with van der Waals surface area (Å²) >= 11 is 6.18. The van der Waals surface area contributed by atoms with Crippen molar-refractivity contribution in [3.63, 3.8) is 0 Å². The highest BCUT2D eigenvalue weighted by Crippen LogP contribution is 2.26. The second-order valence-corrected chi connectivity index (χ2v) is 7.19. The molecule has 1 aromatic heterocycles. The molecule has 27 heavy (non-hydrogen) atoms. The third-order valence-corrected chi connectivity index (χ3v) is 5.26. The topological polar surface area (TPSA) is 48.8 Å². The minimum Gasteiger partial charge on any atom is -1.00 e. The normalized spacial score (nSPS) is 15.9. The Morgan fingerprint density at radius 3 is 2.41 bits per heavy atom. The number of nitrogens with zero attached hydrogens (tertiary/aromatic N) is 3. The van der Waals surface area contributed by atoms with Gasteiger partial charge in [0.05, 0.1) is 0 Å². The molecule has 0 spiro atoms. The molecule has 148 valence electrons. The van der Waals surface area contributed by atoms with Crippen molar-refractivity contribution in [3.05, 3.63) is 52.7 Å². The first-order chi connectivity index (χ1) is 12.5. The minimum atomic E-state index is -0.521. The first-order valence-corrected chi connectivity index (χ1v) is 9.36. The Morgan fingerprint density at radius 1 is 1.15 bits per heavy atom. The molecule has 1 N–H and O–H groups in total. The van der Waals surface area contributed by atoms with Crippen molar-refractivity contribution in [2.75, 3.05) is 44.2 Å². The van der Waals surface area contributed by atoms with Crippen LogP contribution in [0.5, 0.6) is 5.75 Å². The standard InChI is InChI=1S/C20H26ClN3O2.ClH/c1-15-11-18(12-16(2)20(15)21)26-14-17(25)13-23-7-9-24(10-8-23)19-5-3-4-6-22-19;/h3-6,11-12,17,25H,7-10,13-14H2,1-2H3;1H/p-1. The number of hydrogen-bond acceptors (Lipinski definition) is 5. The van der Waals surface area contributed by atoms with Crippen LogP contribution < -0.4 is 22.0 Å². The number of piperazine rings is 1. The van der Waals surface area contributed by atoms with Gasteiger partial charge in [-0.25, -0.2) is 4.98 Å². The number of aryl methyl sites for hydroxylation is 2. The van der Waals surface area contributed by atoms with Crippen molar-refractivity contribution in [1.82, 2.24) is 9.88 Å². The van der Waals surface area contributed by atoms with Gasteiger partial charge in [-0.15, -0.1) is 0 Å². The van der Waals surface area contributed by atoms with E-state index in [1.807, 2.05) is 50.4 Å². The summed E-state index contributed by atoms with van der Waals surface area (Å²) in [6, 6.07) is 9.80. The Hall–Kier alpha value is -1.53. The predicted molar refractivity (Wildman–Crippen MR) is 105 cm³/mol. The summed E-state index contributed by atoms with van der Waals surface area (Å²) in [7, 11) is 0. The number of benzene rings is 1. The van der Waals surface area contributed by atoms with Crippen molar-refractivity contribution >= 4 is 17.4 Å². The van der Waals surface area contributed by atoms with Crippen LogP contribution in [0.2, 0.25) is 5.02 Å². The van der Waals surface area contributed by atoms with Crippen molar-refractivity contribution in [2.24, 2.45) is 0 Å².